The second-order valence-corrected chi connectivity index (χ2v) is 8.40. The molecule has 3 rings (SSSR count). The highest BCUT2D eigenvalue weighted by Crippen LogP contribution is 2.39. The van der Waals surface area contributed by atoms with Crippen molar-refractivity contribution in [1.29, 1.82) is 0 Å². The minimum absolute atomic E-state index is 0.241. The monoisotopic (exact) mass is 511 g/mol. The Bertz CT molecular complexity index is 928. The van der Waals surface area contributed by atoms with Crippen molar-refractivity contribution in [2.24, 2.45) is 0 Å². The number of thioether (sulfide) groups is 1. The van der Waals surface area contributed by atoms with Crippen LogP contribution < -0.4 is 9.47 Å². The topological polar surface area (TPSA) is 55.8 Å². The van der Waals surface area contributed by atoms with Gasteiger partial charge in [0, 0.05) is 4.47 Å². The maximum absolute atomic E-state index is 12.7. The molecule has 5 nitrogen and oxygen atoms in total. The van der Waals surface area contributed by atoms with Gasteiger partial charge < -0.3 is 9.47 Å². The molecule has 0 atom stereocenters. The first kappa shape index (κ1) is 20.0. The van der Waals surface area contributed by atoms with Gasteiger partial charge in [0.25, 0.3) is 11.1 Å². The molecule has 0 bridgehead atoms. The van der Waals surface area contributed by atoms with Crippen molar-refractivity contribution in [2.75, 3.05) is 14.2 Å². The van der Waals surface area contributed by atoms with E-state index in [2.05, 4.69) is 31.9 Å². The lowest BCUT2D eigenvalue weighted by Crippen LogP contribution is -2.27. The van der Waals surface area contributed by atoms with E-state index in [0.717, 1.165) is 27.4 Å². The Kier molecular flexibility index (Phi) is 6.29. The van der Waals surface area contributed by atoms with Gasteiger partial charge in [-0.2, -0.15) is 0 Å². The predicted molar refractivity (Wildman–Crippen MR) is 113 cm³/mol. The van der Waals surface area contributed by atoms with Crippen molar-refractivity contribution >= 4 is 60.8 Å². The summed E-state index contributed by atoms with van der Waals surface area (Å²) < 4.78 is 12.3. The van der Waals surface area contributed by atoms with Crippen LogP contribution >= 0.6 is 43.6 Å². The van der Waals surface area contributed by atoms with Gasteiger partial charge in [-0.05, 0) is 69.2 Å². The molecular formula is C19H15Br2NO4S. The molecule has 1 aliphatic rings. The average Bonchev–Trinajstić information content (AvgIpc) is 2.90. The van der Waals surface area contributed by atoms with Crippen molar-refractivity contribution in [3.8, 4) is 11.5 Å². The first-order chi connectivity index (χ1) is 12.9. The maximum atomic E-state index is 12.7. The van der Waals surface area contributed by atoms with Gasteiger partial charge in [0.2, 0.25) is 0 Å². The number of methoxy groups -OCH3 is 2. The summed E-state index contributed by atoms with van der Waals surface area (Å²) in [7, 11) is 3.09. The van der Waals surface area contributed by atoms with Crippen LogP contribution in [0.25, 0.3) is 6.08 Å². The SMILES string of the molecule is COc1cc(/C=C2\SC(=O)N(Cc3ccc(Br)cc3)C2=O)cc(Br)c1OC. The van der Waals surface area contributed by atoms with Gasteiger partial charge in [-0.3, -0.25) is 14.5 Å². The second-order valence-electron chi connectivity index (χ2n) is 5.63. The molecule has 8 heteroatoms. The fourth-order valence-corrected chi connectivity index (χ4v) is 4.31. The summed E-state index contributed by atoms with van der Waals surface area (Å²) in [6.07, 6.45) is 1.68. The summed E-state index contributed by atoms with van der Waals surface area (Å²) in [5.74, 6) is 0.795. The third kappa shape index (κ3) is 4.39. The molecule has 1 heterocycles. The van der Waals surface area contributed by atoms with Crippen LogP contribution in [-0.2, 0) is 11.3 Å². The molecule has 0 saturated carbocycles. The van der Waals surface area contributed by atoms with E-state index < -0.39 is 0 Å². The zero-order valence-electron chi connectivity index (χ0n) is 14.5. The largest absolute Gasteiger partial charge is 0.493 e. The third-order valence-corrected chi connectivity index (χ3v) is 5.91. The number of halogens is 2. The fraction of sp³-hybridized carbons (Fsp3) is 0.158. The fourth-order valence-electron chi connectivity index (χ4n) is 2.58. The van der Waals surface area contributed by atoms with Gasteiger partial charge in [0.05, 0.1) is 30.1 Å². The molecular weight excluding hydrogens is 498 g/mol. The number of benzene rings is 2. The lowest BCUT2D eigenvalue weighted by Gasteiger charge is -2.12. The van der Waals surface area contributed by atoms with Crippen molar-refractivity contribution in [2.45, 2.75) is 6.54 Å². The molecule has 140 valence electrons. The Balaban J connectivity index is 1.86. The molecule has 0 aromatic heterocycles. The summed E-state index contributed by atoms with van der Waals surface area (Å²) in [4.78, 5) is 26.6. The summed E-state index contributed by atoms with van der Waals surface area (Å²) in [5.41, 5.74) is 1.62. The van der Waals surface area contributed by atoms with Crippen LogP contribution in [0.3, 0.4) is 0 Å². The van der Waals surface area contributed by atoms with Crippen LogP contribution in [0.2, 0.25) is 0 Å². The highest BCUT2D eigenvalue weighted by Gasteiger charge is 2.35. The molecule has 27 heavy (non-hydrogen) atoms. The van der Waals surface area contributed by atoms with Crippen LogP contribution in [-0.4, -0.2) is 30.3 Å². The van der Waals surface area contributed by atoms with E-state index in [1.807, 2.05) is 30.3 Å². The van der Waals surface area contributed by atoms with Crippen molar-refractivity contribution < 1.29 is 19.1 Å². The van der Waals surface area contributed by atoms with E-state index >= 15 is 0 Å². The second kappa shape index (κ2) is 8.50. The Morgan fingerprint density at radius 3 is 2.41 bits per heavy atom. The number of rotatable bonds is 5. The van der Waals surface area contributed by atoms with Gasteiger partial charge in [-0.15, -0.1) is 0 Å². The van der Waals surface area contributed by atoms with E-state index in [0.29, 0.717) is 20.9 Å². The quantitative estimate of drug-likeness (QED) is 0.497. The number of amides is 2. The Hall–Kier alpha value is -1.77. The number of hydrogen-bond acceptors (Lipinski definition) is 5. The molecule has 1 fully saturated rings. The van der Waals surface area contributed by atoms with Gasteiger partial charge >= 0.3 is 0 Å². The zero-order valence-corrected chi connectivity index (χ0v) is 18.5. The first-order valence-electron chi connectivity index (χ1n) is 7.84. The minimum atomic E-state index is -0.307. The van der Waals surface area contributed by atoms with E-state index in [1.165, 1.54) is 4.90 Å². The Morgan fingerprint density at radius 1 is 1.07 bits per heavy atom. The third-order valence-electron chi connectivity index (χ3n) is 3.88. The van der Waals surface area contributed by atoms with E-state index in [1.54, 1.807) is 26.4 Å². The summed E-state index contributed by atoms with van der Waals surface area (Å²) in [5, 5.41) is -0.284. The van der Waals surface area contributed by atoms with E-state index in [-0.39, 0.29) is 17.7 Å². The van der Waals surface area contributed by atoms with Crippen molar-refractivity contribution in [3.63, 3.8) is 0 Å². The summed E-state index contributed by atoms with van der Waals surface area (Å²) in [6, 6.07) is 11.1. The normalized spacial score (nSPS) is 15.6. The van der Waals surface area contributed by atoms with Crippen LogP contribution in [0.4, 0.5) is 4.79 Å². The number of hydrogen-bond donors (Lipinski definition) is 0. The molecule has 2 aromatic rings. The molecule has 1 aliphatic heterocycles. The Labute approximate surface area is 178 Å². The molecule has 2 aromatic carbocycles. The highest BCUT2D eigenvalue weighted by atomic mass is 79.9. The van der Waals surface area contributed by atoms with Crippen molar-refractivity contribution in [3.05, 3.63) is 61.4 Å². The van der Waals surface area contributed by atoms with Crippen LogP contribution in [0.15, 0.2) is 50.2 Å². The van der Waals surface area contributed by atoms with Gasteiger partial charge in [0.1, 0.15) is 0 Å². The van der Waals surface area contributed by atoms with Crippen LogP contribution in [0.1, 0.15) is 11.1 Å². The molecule has 0 radical (unpaired) electrons. The molecule has 0 spiro atoms. The van der Waals surface area contributed by atoms with E-state index in [9.17, 15) is 9.59 Å². The highest BCUT2D eigenvalue weighted by molar-refractivity contribution is 9.10. The van der Waals surface area contributed by atoms with Crippen LogP contribution in [0.5, 0.6) is 11.5 Å². The van der Waals surface area contributed by atoms with Crippen molar-refractivity contribution in [1.82, 2.24) is 4.90 Å². The standard InChI is InChI=1S/C19H15Br2NO4S/c1-25-15-8-12(7-14(21)17(15)26-2)9-16-18(23)22(19(24)27-16)10-11-3-5-13(20)6-4-11/h3-9H,10H2,1-2H3/b16-9-. The minimum Gasteiger partial charge on any atom is -0.493 e. The maximum Gasteiger partial charge on any atom is 0.293 e. The molecule has 0 aliphatic carbocycles. The number of carbonyl (C=O) groups is 2. The zero-order chi connectivity index (χ0) is 19.6. The van der Waals surface area contributed by atoms with E-state index in [4.69, 9.17) is 9.47 Å². The molecule has 0 N–H and O–H groups in total. The van der Waals surface area contributed by atoms with Gasteiger partial charge in [-0.1, -0.05) is 28.1 Å². The number of ether oxygens (including phenoxy) is 2. The summed E-state index contributed by atoms with van der Waals surface area (Å²) in [6.45, 7) is 0.241. The lowest BCUT2D eigenvalue weighted by atomic mass is 10.1. The predicted octanol–water partition coefficient (Wildman–Crippen LogP) is 5.47. The smallest absolute Gasteiger partial charge is 0.293 e. The summed E-state index contributed by atoms with van der Waals surface area (Å²) >= 11 is 7.73. The van der Waals surface area contributed by atoms with Gasteiger partial charge in [-0.25, -0.2) is 0 Å². The average molecular weight is 513 g/mol. The van der Waals surface area contributed by atoms with Gasteiger partial charge in [0.15, 0.2) is 11.5 Å². The first-order valence-corrected chi connectivity index (χ1v) is 10.2. The lowest BCUT2D eigenvalue weighted by molar-refractivity contribution is -0.123. The number of nitrogens with zero attached hydrogens (tertiary/aromatic N) is 1. The number of imide groups is 1. The molecule has 2 amide bonds. The Morgan fingerprint density at radius 2 is 1.78 bits per heavy atom. The van der Waals surface area contributed by atoms with Crippen LogP contribution in [0, 0.1) is 0 Å². The number of carbonyl (C=O) groups excluding carboxylic acids is 2. The molecule has 0 unspecified atom stereocenters. The molecule has 1 saturated heterocycles.